The molecule has 0 aliphatic carbocycles. The van der Waals surface area contributed by atoms with E-state index in [-0.39, 0.29) is 6.54 Å². The maximum absolute atomic E-state index is 12.5. The van der Waals surface area contributed by atoms with E-state index in [0.29, 0.717) is 18.8 Å². The van der Waals surface area contributed by atoms with E-state index in [1.54, 1.807) is 12.1 Å². The van der Waals surface area contributed by atoms with Crippen LogP contribution >= 0.6 is 0 Å². The van der Waals surface area contributed by atoms with Crippen LogP contribution in [-0.4, -0.2) is 43.4 Å². The normalized spacial score (nSPS) is 20.0. The van der Waals surface area contributed by atoms with E-state index in [1.807, 2.05) is 19.1 Å². The summed E-state index contributed by atoms with van der Waals surface area (Å²) in [6.07, 6.45) is 0. The smallest absolute Gasteiger partial charge is 0.307 e. The van der Waals surface area contributed by atoms with E-state index >= 15 is 0 Å². The number of benzene rings is 1. The van der Waals surface area contributed by atoms with Crippen molar-refractivity contribution < 1.29 is 18.3 Å². The minimum absolute atomic E-state index is 0.0000475. The molecule has 7 heteroatoms. The predicted molar refractivity (Wildman–Crippen MR) is 75.8 cm³/mol. The van der Waals surface area contributed by atoms with Gasteiger partial charge in [-0.05, 0) is 18.6 Å². The van der Waals surface area contributed by atoms with Crippen molar-refractivity contribution in [1.82, 2.24) is 4.31 Å². The van der Waals surface area contributed by atoms with Gasteiger partial charge in [-0.2, -0.15) is 12.7 Å². The average molecular weight is 298 g/mol. The Morgan fingerprint density at radius 3 is 2.60 bits per heavy atom. The number of carboxylic acid groups (broad SMARTS) is 1. The number of carboxylic acids is 1. The first-order valence-corrected chi connectivity index (χ1v) is 7.80. The lowest BCUT2D eigenvalue weighted by Gasteiger charge is -2.22. The van der Waals surface area contributed by atoms with Crippen LogP contribution in [-0.2, 0) is 15.0 Å². The van der Waals surface area contributed by atoms with Crippen LogP contribution in [0, 0.1) is 12.8 Å². The third-order valence-corrected chi connectivity index (χ3v) is 5.36. The number of anilines is 1. The van der Waals surface area contributed by atoms with Gasteiger partial charge in [-0.25, -0.2) is 0 Å². The molecule has 1 atom stereocenters. The molecule has 1 fully saturated rings. The van der Waals surface area contributed by atoms with E-state index in [9.17, 15) is 13.2 Å². The standard InChI is InChI=1S/C13H18N2O4S/c1-10-5-3-4-6-12(10)15-8-7-14(20(15,18)19)9-11(2)13(16)17/h3-6,11H,7-9H2,1-2H3,(H,16,17). The highest BCUT2D eigenvalue weighted by Gasteiger charge is 2.38. The summed E-state index contributed by atoms with van der Waals surface area (Å²) < 4.78 is 27.5. The van der Waals surface area contributed by atoms with E-state index in [4.69, 9.17) is 5.11 Å². The van der Waals surface area contributed by atoms with Gasteiger partial charge >= 0.3 is 16.2 Å². The first kappa shape index (κ1) is 14.8. The van der Waals surface area contributed by atoms with Crippen molar-refractivity contribution in [2.75, 3.05) is 23.9 Å². The molecular formula is C13H18N2O4S. The lowest BCUT2D eigenvalue weighted by molar-refractivity contribution is -0.141. The Hall–Kier alpha value is -1.60. The number of carbonyl (C=O) groups is 1. The highest BCUT2D eigenvalue weighted by Crippen LogP contribution is 2.28. The van der Waals surface area contributed by atoms with Crippen LogP contribution in [0.4, 0.5) is 5.69 Å². The van der Waals surface area contributed by atoms with Gasteiger partial charge in [-0.3, -0.25) is 9.10 Å². The van der Waals surface area contributed by atoms with Crippen LogP contribution in [0.25, 0.3) is 0 Å². The molecule has 1 N–H and O–H groups in total. The monoisotopic (exact) mass is 298 g/mol. The Kier molecular flexibility index (Phi) is 4.01. The highest BCUT2D eigenvalue weighted by molar-refractivity contribution is 7.90. The first-order valence-electron chi connectivity index (χ1n) is 6.40. The number of rotatable bonds is 4. The number of nitrogens with zero attached hydrogens (tertiary/aromatic N) is 2. The summed E-state index contributed by atoms with van der Waals surface area (Å²) in [7, 11) is -3.63. The zero-order chi connectivity index (χ0) is 14.9. The van der Waals surface area contributed by atoms with Crippen molar-refractivity contribution in [3.63, 3.8) is 0 Å². The molecule has 1 aromatic carbocycles. The predicted octanol–water partition coefficient (Wildman–Crippen LogP) is 1.08. The van der Waals surface area contributed by atoms with Gasteiger partial charge in [0.15, 0.2) is 0 Å². The van der Waals surface area contributed by atoms with Crippen molar-refractivity contribution in [3.8, 4) is 0 Å². The Morgan fingerprint density at radius 1 is 1.35 bits per heavy atom. The molecule has 1 aliphatic heterocycles. The molecule has 1 aliphatic rings. The Labute approximate surface area is 118 Å². The topological polar surface area (TPSA) is 77.9 Å². The number of para-hydroxylation sites is 1. The summed E-state index contributed by atoms with van der Waals surface area (Å²) in [6.45, 7) is 4.02. The van der Waals surface area contributed by atoms with Crippen molar-refractivity contribution in [1.29, 1.82) is 0 Å². The van der Waals surface area contributed by atoms with Gasteiger partial charge in [0.25, 0.3) is 0 Å². The largest absolute Gasteiger partial charge is 0.481 e. The number of hydrogen-bond acceptors (Lipinski definition) is 3. The molecule has 0 bridgehead atoms. The molecule has 6 nitrogen and oxygen atoms in total. The fourth-order valence-corrected chi connectivity index (χ4v) is 4.00. The molecule has 0 radical (unpaired) electrons. The second-order valence-corrected chi connectivity index (χ2v) is 6.82. The molecule has 1 unspecified atom stereocenters. The number of aliphatic carboxylic acids is 1. The molecule has 0 spiro atoms. The Morgan fingerprint density at radius 2 is 2.00 bits per heavy atom. The van der Waals surface area contributed by atoms with Crippen molar-refractivity contribution in [2.45, 2.75) is 13.8 Å². The zero-order valence-corrected chi connectivity index (χ0v) is 12.3. The number of aryl methyl sites for hydroxylation is 1. The minimum Gasteiger partial charge on any atom is -0.481 e. The molecule has 1 saturated heterocycles. The maximum atomic E-state index is 12.5. The fourth-order valence-electron chi connectivity index (χ4n) is 2.23. The Bertz CT molecular complexity index is 615. The second-order valence-electron chi connectivity index (χ2n) is 4.96. The highest BCUT2D eigenvalue weighted by atomic mass is 32.2. The van der Waals surface area contributed by atoms with Crippen molar-refractivity contribution >= 4 is 21.9 Å². The summed E-state index contributed by atoms with van der Waals surface area (Å²) >= 11 is 0. The zero-order valence-electron chi connectivity index (χ0n) is 11.5. The van der Waals surface area contributed by atoms with Crippen LogP contribution < -0.4 is 4.31 Å². The SMILES string of the molecule is Cc1ccccc1N1CCN(CC(C)C(=O)O)S1(=O)=O. The van der Waals surface area contributed by atoms with Gasteiger partial charge in [-0.1, -0.05) is 25.1 Å². The van der Waals surface area contributed by atoms with Crippen LogP contribution in [0.15, 0.2) is 24.3 Å². The van der Waals surface area contributed by atoms with E-state index in [1.165, 1.54) is 15.5 Å². The molecule has 1 heterocycles. The van der Waals surface area contributed by atoms with Crippen LogP contribution in [0.1, 0.15) is 12.5 Å². The lowest BCUT2D eigenvalue weighted by atomic mass is 10.2. The van der Waals surface area contributed by atoms with Crippen molar-refractivity contribution in [2.24, 2.45) is 5.92 Å². The van der Waals surface area contributed by atoms with Gasteiger partial charge in [0.2, 0.25) is 0 Å². The fraction of sp³-hybridized carbons (Fsp3) is 0.462. The Balaban J connectivity index is 2.25. The molecule has 20 heavy (non-hydrogen) atoms. The van der Waals surface area contributed by atoms with Gasteiger partial charge in [0.1, 0.15) is 0 Å². The van der Waals surface area contributed by atoms with Crippen LogP contribution in [0.5, 0.6) is 0 Å². The van der Waals surface area contributed by atoms with Crippen LogP contribution in [0.3, 0.4) is 0 Å². The van der Waals surface area contributed by atoms with Gasteiger partial charge in [-0.15, -0.1) is 0 Å². The molecule has 2 rings (SSSR count). The summed E-state index contributed by atoms with van der Waals surface area (Å²) in [5.74, 6) is -1.71. The summed E-state index contributed by atoms with van der Waals surface area (Å²) in [6, 6.07) is 7.26. The van der Waals surface area contributed by atoms with E-state index < -0.39 is 22.1 Å². The first-order chi connectivity index (χ1) is 9.34. The number of hydrogen-bond donors (Lipinski definition) is 1. The van der Waals surface area contributed by atoms with Gasteiger partial charge < -0.3 is 5.11 Å². The minimum atomic E-state index is -3.63. The second kappa shape index (κ2) is 5.41. The molecule has 0 amide bonds. The molecule has 0 saturated carbocycles. The molecule has 110 valence electrons. The lowest BCUT2D eigenvalue weighted by Crippen LogP contribution is -2.37. The maximum Gasteiger partial charge on any atom is 0.307 e. The summed E-state index contributed by atoms with van der Waals surface area (Å²) in [4.78, 5) is 10.9. The summed E-state index contributed by atoms with van der Waals surface area (Å²) in [5, 5.41) is 8.90. The quantitative estimate of drug-likeness (QED) is 0.902. The molecule has 1 aromatic rings. The van der Waals surface area contributed by atoms with E-state index in [0.717, 1.165) is 5.56 Å². The molecular weight excluding hydrogens is 280 g/mol. The summed E-state index contributed by atoms with van der Waals surface area (Å²) in [5.41, 5.74) is 1.53. The van der Waals surface area contributed by atoms with Gasteiger partial charge in [0, 0.05) is 19.6 Å². The van der Waals surface area contributed by atoms with Gasteiger partial charge in [0.05, 0.1) is 11.6 Å². The third-order valence-electron chi connectivity index (χ3n) is 3.44. The van der Waals surface area contributed by atoms with Crippen molar-refractivity contribution in [3.05, 3.63) is 29.8 Å². The van der Waals surface area contributed by atoms with Crippen LogP contribution in [0.2, 0.25) is 0 Å². The third kappa shape index (κ3) is 2.64. The molecule has 0 aromatic heterocycles. The average Bonchev–Trinajstić information content (AvgIpc) is 2.66. The van der Waals surface area contributed by atoms with E-state index in [2.05, 4.69) is 0 Å².